The summed E-state index contributed by atoms with van der Waals surface area (Å²) in [5.41, 5.74) is 2.92. The van der Waals surface area contributed by atoms with Gasteiger partial charge in [-0.05, 0) is 63.3 Å². The van der Waals surface area contributed by atoms with E-state index in [1.807, 2.05) is 17.3 Å². The number of rotatable bonds is 12. The Labute approximate surface area is 189 Å². The van der Waals surface area contributed by atoms with Crippen molar-refractivity contribution < 1.29 is 4.79 Å². The normalized spacial score (nSPS) is 10.8. The zero-order chi connectivity index (χ0) is 22.5. The molecule has 1 N–H and O–H groups in total. The molecule has 7 nitrogen and oxygen atoms in total. The molecule has 2 aromatic heterocycles. The SMILES string of the molecule is CCC/C=N/N(C=C(C)C)CCCCc1ccc(NC(=O)Cc2ccc(Cl)nc2)nn1. The molecule has 0 fully saturated rings. The second kappa shape index (κ2) is 13.5. The van der Waals surface area contributed by atoms with Crippen LogP contribution in [0.2, 0.25) is 5.15 Å². The maximum absolute atomic E-state index is 12.1. The molecule has 0 aliphatic carbocycles. The van der Waals surface area contributed by atoms with Crippen LogP contribution in [0, 0.1) is 0 Å². The molecule has 2 aromatic rings. The summed E-state index contributed by atoms with van der Waals surface area (Å²) in [6, 6.07) is 7.12. The van der Waals surface area contributed by atoms with E-state index in [0.29, 0.717) is 11.0 Å². The molecule has 0 unspecified atom stereocenters. The van der Waals surface area contributed by atoms with Gasteiger partial charge in [0.15, 0.2) is 5.82 Å². The maximum atomic E-state index is 12.1. The van der Waals surface area contributed by atoms with Crippen LogP contribution < -0.4 is 5.32 Å². The summed E-state index contributed by atoms with van der Waals surface area (Å²) in [6.07, 6.45) is 10.7. The third-order valence-corrected chi connectivity index (χ3v) is 4.49. The van der Waals surface area contributed by atoms with E-state index in [2.05, 4.69) is 52.6 Å². The first-order valence-electron chi connectivity index (χ1n) is 10.6. The molecule has 0 radical (unpaired) electrons. The van der Waals surface area contributed by atoms with Crippen molar-refractivity contribution in [1.82, 2.24) is 20.2 Å². The van der Waals surface area contributed by atoms with E-state index in [0.717, 1.165) is 49.9 Å². The van der Waals surface area contributed by atoms with E-state index in [1.54, 1.807) is 24.4 Å². The van der Waals surface area contributed by atoms with Gasteiger partial charge < -0.3 is 5.32 Å². The molecule has 8 heteroatoms. The standard InChI is InChI=1S/C23H31ClN6O/c1-4-5-13-26-30(17-18(2)3)14-7-6-8-20-10-12-22(29-28-20)27-23(31)15-19-9-11-21(24)25-16-19/h9-13,16-17H,4-8,14-15H2,1-3H3,(H,27,29,31)/b26-13+. The maximum Gasteiger partial charge on any atom is 0.230 e. The number of anilines is 1. The second-order valence-corrected chi connectivity index (χ2v) is 7.92. The number of hydrogen-bond donors (Lipinski definition) is 1. The molecular weight excluding hydrogens is 412 g/mol. The summed E-state index contributed by atoms with van der Waals surface area (Å²) in [6.45, 7) is 7.16. The number of pyridine rings is 1. The van der Waals surface area contributed by atoms with E-state index < -0.39 is 0 Å². The van der Waals surface area contributed by atoms with Crippen molar-refractivity contribution in [2.45, 2.75) is 59.3 Å². The van der Waals surface area contributed by atoms with Gasteiger partial charge in [0.25, 0.3) is 0 Å². The number of hydrogen-bond acceptors (Lipinski definition) is 6. The van der Waals surface area contributed by atoms with Gasteiger partial charge in [-0.15, -0.1) is 5.10 Å². The Morgan fingerprint density at radius 2 is 2.03 bits per heavy atom. The number of aromatic nitrogens is 3. The largest absolute Gasteiger partial charge is 0.309 e. The first kappa shape index (κ1) is 24.5. The number of allylic oxidation sites excluding steroid dienone is 1. The van der Waals surface area contributed by atoms with Gasteiger partial charge in [0.05, 0.1) is 12.1 Å². The minimum atomic E-state index is -0.172. The summed E-state index contributed by atoms with van der Waals surface area (Å²) < 4.78 is 0. The third kappa shape index (κ3) is 10.2. The fourth-order valence-electron chi connectivity index (χ4n) is 2.77. The smallest absolute Gasteiger partial charge is 0.230 e. The molecule has 0 saturated carbocycles. The number of halogens is 1. The number of nitrogens with one attached hydrogen (secondary N) is 1. The predicted molar refractivity (Wildman–Crippen MR) is 126 cm³/mol. The monoisotopic (exact) mass is 442 g/mol. The number of carbonyl (C=O) groups excluding carboxylic acids is 1. The predicted octanol–water partition coefficient (Wildman–Crippen LogP) is 5.04. The summed E-state index contributed by atoms with van der Waals surface area (Å²) in [5.74, 6) is 0.268. The Bertz CT molecular complexity index is 861. The summed E-state index contributed by atoms with van der Waals surface area (Å²) in [4.78, 5) is 16.1. The number of nitrogens with zero attached hydrogens (tertiary/aromatic N) is 5. The Morgan fingerprint density at radius 1 is 1.19 bits per heavy atom. The number of carbonyl (C=O) groups is 1. The summed E-state index contributed by atoms with van der Waals surface area (Å²) in [5, 5.41) is 18.0. The topological polar surface area (TPSA) is 83.4 Å². The minimum Gasteiger partial charge on any atom is -0.309 e. The van der Waals surface area contributed by atoms with Crippen LogP contribution in [-0.4, -0.2) is 38.9 Å². The number of hydrazone groups is 1. The highest BCUT2D eigenvalue weighted by Crippen LogP contribution is 2.09. The van der Waals surface area contributed by atoms with E-state index in [1.165, 1.54) is 5.57 Å². The van der Waals surface area contributed by atoms with Crippen LogP contribution in [0.25, 0.3) is 0 Å². The van der Waals surface area contributed by atoms with Gasteiger partial charge in [0.2, 0.25) is 5.91 Å². The molecule has 0 spiro atoms. The molecule has 0 bridgehead atoms. The van der Waals surface area contributed by atoms with Crippen molar-refractivity contribution >= 4 is 29.5 Å². The molecule has 2 heterocycles. The van der Waals surface area contributed by atoms with Gasteiger partial charge in [-0.25, -0.2) is 4.98 Å². The van der Waals surface area contributed by atoms with Gasteiger partial charge >= 0.3 is 0 Å². The Kier molecular flexibility index (Phi) is 10.6. The van der Waals surface area contributed by atoms with Crippen LogP contribution in [0.1, 0.15) is 57.7 Å². The summed E-state index contributed by atoms with van der Waals surface area (Å²) >= 11 is 5.76. The molecule has 1 amide bonds. The van der Waals surface area contributed by atoms with Crippen LogP contribution in [0.3, 0.4) is 0 Å². The molecule has 0 saturated heterocycles. The van der Waals surface area contributed by atoms with Crippen LogP contribution >= 0.6 is 11.6 Å². The highest BCUT2D eigenvalue weighted by Gasteiger charge is 2.07. The van der Waals surface area contributed by atoms with Gasteiger partial charge in [-0.3, -0.25) is 9.80 Å². The van der Waals surface area contributed by atoms with Crippen LogP contribution in [0.5, 0.6) is 0 Å². The van der Waals surface area contributed by atoms with Crippen molar-refractivity contribution in [3.05, 3.63) is 58.6 Å². The van der Waals surface area contributed by atoms with Crippen LogP contribution in [-0.2, 0) is 17.6 Å². The van der Waals surface area contributed by atoms with Crippen molar-refractivity contribution in [1.29, 1.82) is 0 Å². The lowest BCUT2D eigenvalue weighted by Crippen LogP contribution is -2.16. The average molecular weight is 443 g/mol. The molecule has 2 rings (SSSR count). The van der Waals surface area contributed by atoms with Crippen molar-refractivity contribution in [3.8, 4) is 0 Å². The third-order valence-electron chi connectivity index (χ3n) is 4.27. The molecule has 31 heavy (non-hydrogen) atoms. The molecule has 0 aliphatic rings. The fourth-order valence-corrected chi connectivity index (χ4v) is 2.88. The first-order chi connectivity index (χ1) is 15.0. The van der Waals surface area contributed by atoms with E-state index in [4.69, 9.17) is 11.6 Å². The molecule has 0 atom stereocenters. The van der Waals surface area contributed by atoms with Gasteiger partial charge in [0, 0.05) is 25.2 Å². The van der Waals surface area contributed by atoms with Gasteiger partial charge in [-0.2, -0.15) is 10.2 Å². The highest BCUT2D eigenvalue weighted by molar-refractivity contribution is 6.29. The lowest BCUT2D eigenvalue weighted by Gasteiger charge is -2.15. The minimum absolute atomic E-state index is 0.172. The molecule has 0 aliphatic heterocycles. The lowest BCUT2D eigenvalue weighted by atomic mass is 10.2. The number of unbranched alkanes of at least 4 members (excludes halogenated alkanes) is 2. The van der Waals surface area contributed by atoms with Crippen LogP contribution in [0.4, 0.5) is 5.82 Å². The van der Waals surface area contributed by atoms with Gasteiger partial charge in [-0.1, -0.05) is 36.6 Å². The fraction of sp³-hybridized carbons (Fsp3) is 0.435. The zero-order valence-corrected chi connectivity index (χ0v) is 19.3. The van der Waals surface area contributed by atoms with Crippen molar-refractivity contribution in [3.63, 3.8) is 0 Å². The zero-order valence-electron chi connectivity index (χ0n) is 18.5. The van der Waals surface area contributed by atoms with Crippen LogP contribution in [0.15, 0.2) is 47.3 Å². The quantitative estimate of drug-likeness (QED) is 0.215. The number of amides is 1. The molecule has 0 aromatic carbocycles. The Hall–Kier alpha value is -2.80. The Morgan fingerprint density at radius 3 is 2.68 bits per heavy atom. The Balaban J connectivity index is 1.75. The van der Waals surface area contributed by atoms with Crippen molar-refractivity contribution in [2.75, 3.05) is 11.9 Å². The summed E-state index contributed by atoms with van der Waals surface area (Å²) in [7, 11) is 0. The van der Waals surface area contributed by atoms with E-state index in [9.17, 15) is 4.79 Å². The van der Waals surface area contributed by atoms with Gasteiger partial charge in [0.1, 0.15) is 5.15 Å². The van der Waals surface area contributed by atoms with E-state index in [-0.39, 0.29) is 12.3 Å². The highest BCUT2D eigenvalue weighted by atomic mass is 35.5. The molecule has 166 valence electrons. The number of aryl methyl sites for hydroxylation is 1. The average Bonchev–Trinajstić information content (AvgIpc) is 2.73. The van der Waals surface area contributed by atoms with Crippen molar-refractivity contribution in [2.24, 2.45) is 5.10 Å². The van der Waals surface area contributed by atoms with E-state index >= 15 is 0 Å². The second-order valence-electron chi connectivity index (χ2n) is 7.54. The first-order valence-corrected chi connectivity index (χ1v) is 11.0. The molecular formula is C23H31ClN6O. The lowest BCUT2D eigenvalue weighted by molar-refractivity contribution is -0.115.